The molecule has 0 atom stereocenters. The Bertz CT molecular complexity index is 686. The van der Waals surface area contributed by atoms with E-state index in [1.54, 1.807) is 0 Å². The highest BCUT2D eigenvalue weighted by Gasteiger charge is 2.19. The average molecular weight is 286 g/mol. The predicted molar refractivity (Wildman–Crippen MR) is 66.1 cm³/mol. The smallest absolute Gasteiger partial charge is 0.280 e. The number of aryl methyl sites for hydroxylation is 1. The van der Waals surface area contributed by atoms with Crippen LogP contribution < -0.4 is 4.72 Å². The molecule has 0 aliphatic heterocycles. The monoisotopic (exact) mass is 286 g/mol. The zero-order valence-corrected chi connectivity index (χ0v) is 11.2. The summed E-state index contributed by atoms with van der Waals surface area (Å²) in [6.07, 6.45) is 1.39. The summed E-state index contributed by atoms with van der Waals surface area (Å²) in [5.41, 5.74) is 0.239. The van der Waals surface area contributed by atoms with Crippen LogP contribution in [0.2, 0.25) is 0 Å². The Morgan fingerprint density at radius 1 is 1.50 bits per heavy atom. The number of hydrogen-bond donors (Lipinski definition) is 1. The quantitative estimate of drug-likeness (QED) is 0.842. The molecule has 9 heteroatoms. The molecule has 0 aliphatic rings. The van der Waals surface area contributed by atoms with Crippen LogP contribution in [0, 0.1) is 0 Å². The molecule has 0 bridgehead atoms. The van der Waals surface area contributed by atoms with Crippen molar-refractivity contribution in [3.8, 4) is 0 Å². The van der Waals surface area contributed by atoms with Gasteiger partial charge in [-0.3, -0.25) is 14.2 Å². The number of sulfonamides is 1. The topological polar surface area (TPSA) is 94.0 Å². The van der Waals surface area contributed by atoms with E-state index < -0.39 is 10.0 Å². The molecule has 2 heterocycles. The highest BCUT2D eigenvalue weighted by molar-refractivity contribution is 7.92. The summed E-state index contributed by atoms with van der Waals surface area (Å²) in [4.78, 5) is 14.9. The summed E-state index contributed by atoms with van der Waals surface area (Å²) in [6, 6.07) is 1.38. The number of thiazole rings is 1. The van der Waals surface area contributed by atoms with Gasteiger partial charge in [0.1, 0.15) is 5.69 Å². The van der Waals surface area contributed by atoms with E-state index in [9.17, 15) is 13.2 Å². The molecule has 0 amide bonds. The second kappa shape index (κ2) is 4.50. The number of nitrogens with one attached hydrogen (secondary N) is 1. The predicted octanol–water partition coefficient (Wildman–Crippen LogP) is 0.880. The number of nitrogens with zero attached hydrogens (tertiary/aromatic N) is 3. The number of anilines is 1. The lowest BCUT2D eigenvalue weighted by Gasteiger charge is -2.04. The molecule has 0 aromatic carbocycles. The van der Waals surface area contributed by atoms with Crippen LogP contribution in [-0.4, -0.2) is 29.0 Å². The summed E-state index contributed by atoms with van der Waals surface area (Å²) in [7, 11) is -2.20. The van der Waals surface area contributed by atoms with Gasteiger partial charge in [0.05, 0.1) is 6.20 Å². The van der Waals surface area contributed by atoms with Crippen molar-refractivity contribution in [3.63, 3.8) is 0 Å². The standard InChI is InChI=1S/C9H10N4O3S2/c1-6(14)7-5-17-9(11-7)12-18(15,16)8-3-4-10-13(8)2/h3-5H,1-2H3,(H,11,12). The summed E-state index contributed by atoms with van der Waals surface area (Å²) in [5, 5.41) is 5.47. The van der Waals surface area contributed by atoms with Gasteiger partial charge < -0.3 is 0 Å². The molecule has 7 nitrogen and oxygen atoms in total. The Kier molecular flexibility index (Phi) is 3.18. The van der Waals surface area contributed by atoms with Crippen LogP contribution in [-0.2, 0) is 17.1 Å². The van der Waals surface area contributed by atoms with Crippen molar-refractivity contribution in [2.24, 2.45) is 7.05 Å². The number of carbonyl (C=O) groups excluding carboxylic acids is 1. The minimum atomic E-state index is -3.73. The largest absolute Gasteiger partial charge is 0.293 e. The van der Waals surface area contributed by atoms with Gasteiger partial charge in [-0.25, -0.2) is 4.98 Å². The molecule has 0 spiro atoms. The molecule has 96 valence electrons. The van der Waals surface area contributed by atoms with Crippen molar-refractivity contribution in [2.75, 3.05) is 4.72 Å². The van der Waals surface area contributed by atoms with Gasteiger partial charge in [-0.05, 0) is 6.07 Å². The average Bonchev–Trinajstić information content (AvgIpc) is 2.86. The van der Waals surface area contributed by atoms with Crippen molar-refractivity contribution in [1.82, 2.24) is 14.8 Å². The van der Waals surface area contributed by atoms with E-state index >= 15 is 0 Å². The summed E-state index contributed by atoms with van der Waals surface area (Å²) < 4.78 is 27.5. The van der Waals surface area contributed by atoms with E-state index in [0.717, 1.165) is 11.3 Å². The number of rotatable bonds is 4. The van der Waals surface area contributed by atoms with Crippen LogP contribution in [0.1, 0.15) is 17.4 Å². The maximum Gasteiger partial charge on any atom is 0.280 e. The van der Waals surface area contributed by atoms with E-state index in [2.05, 4.69) is 14.8 Å². The molecule has 0 radical (unpaired) electrons. The van der Waals surface area contributed by atoms with Gasteiger partial charge in [0.15, 0.2) is 15.9 Å². The fourth-order valence-electron chi connectivity index (χ4n) is 1.27. The number of carbonyl (C=O) groups is 1. The van der Waals surface area contributed by atoms with Gasteiger partial charge >= 0.3 is 0 Å². The molecule has 0 aliphatic carbocycles. The Hall–Kier alpha value is -1.74. The number of Topliss-reactive ketones (excluding diaryl/α,β-unsaturated/α-hetero) is 1. The molecule has 2 rings (SSSR count). The number of ketones is 1. The van der Waals surface area contributed by atoms with Crippen molar-refractivity contribution in [2.45, 2.75) is 11.9 Å². The number of hydrogen-bond acceptors (Lipinski definition) is 6. The first-order chi connectivity index (χ1) is 8.40. The van der Waals surface area contributed by atoms with Crippen LogP contribution in [0.25, 0.3) is 0 Å². The molecule has 2 aromatic rings. The van der Waals surface area contributed by atoms with Gasteiger partial charge in [0.25, 0.3) is 10.0 Å². The van der Waals surface area contributed by atoms with E-state index in [1.165, 1.54) is 36.3 Å². The van der Waals surface area contributed by atoms with Crippen LogP contribution >= 0.6 is 11.3 Å². The zero-order valence-electron chi connectivity index (χ0n) is 9.61. The molecular formula is C9H10N4O3S2. The molecule has 0 saturated carbocycles. The van der Waals surface area contributed by atoms with Crippen molar-refractivity contribution in [3.05, 3.63) is 23.3 Å². The third kappa shape index (κ3) is 2.41. The first-order valence-electron chi connectivity index (χ1n) is 4.87. The van der Waals surface area contributed by atoms with Gasteiger partial charge in [0.2, 0.25) is 0 Å². The fraction of sp³-hybridized carbons (Fsp3) is 0.222. The van der Waals surface area contributed by atoms with Crippen LogP contribution in [0.3, 0.4) is 0 Å². The normalized spacial score (nSPS) is 11.4. The van der Waals surface area contributed by atoms with Gasteiger partial charge in [0, 0.05) is 19.4 Å². The minimum absolute atomic E-state index is 0.0297. The van der Waals surface area contributed by atoms with Gasteiger partial charge in [-0.2, -0.15) is 13.5 Å². The highest BCUT2D eigenvalue weighted by atomic mass is 32.2. The number of aromatic nitrogens is 3. The second-order valence-corrected chi connectivity index (χ2v) is 5.98. The fourth-order valence-corrected chi connectivity index (χ4v) is 3.40. The van der Waals surface area contributed by atoms with Crippen LogP contribution in [0.4, 0.5) is 5.13 Å². The summed E-state index contributed by atoms with van der Waals surface area (Å²) >= 11 is 1.06. The molecule has 0 unspecified atom stereocenters. The van der Waals surface area contributed by atoms with Crippen molar-refractivity contribution in [1.29, 1.82) is 0 Å². The first-order valence-corrected chi connectivity index (χ1v) is 7.24. The van der Waals surface area contributed by atoms with Crippen molar-refractivity contribution >= 4 is 32.3 Å². The maximum atomic E-state index is 12.0. The molecule has 0 saturated heterocycles. The minimum Gasteiger partial charge on any atom is -0.293 e. The molecule has 1 N–H and O–H groups in total. The lowest BCUT2D eigenvalue weighted by Crippen LogP contribution is -2.16. The van der Waals surface area contributed by atoms with E-state index in [4.69, 9.17) is 0 Å². The molecule has 18 heavy (non-hydrogen) atoms. The summed E-state index contributed by atoms with van der Waals surface area (Å²) in [5.74, 6) is -0.211. The first kappa shape index (κ1) is 12.7. The third-order valence-electron chi connectivity index (χ3n) is 2.14. The van der Waals surface area contributed by atoms with Gasteiger partial charge in [-0.1, -0.05) is 0 Å². The van der Waals surface area contributed by atoms with Crippen LogP contribution in [0.5, 0.6) is 0 Å². The maximum absolute atomic E-state index is 12.0. The Morgan fingerprint density at radius 2 is 2.22 bits per heavy atom. The van der Waals surface area contributed by atoms with E-state index in [0.29, 0.717) is 0 Å². The Labute approximate surface area is 108 Å². The van der Waals surface area contributed by atoms with Gasteiger partial charge in [-0.15, -0.1) is 11.3 Å². The lowest BCUT2D eigenvalue weighted by molar-refractivity contribution is 0.101. The Morgan fingerprint density at radius 3 is 2.72 bits per heavy atom. The van der Waals surface area contributed by atoms with Crippen LogP contribution in [0.15, 0.2) is 22.7 Å². The van der Waals surface area contributed by atoms with E-state index in [1.807, 2.05) is 0 Å². The highest BCUT2D eigenvalue weighted by Crippen LogP contribution is 2.19. The summed E-state index contributed by atoms with van der Waals surface area (Å²) in [6.45, 7) is 1.37. The molecular weight excluding hydrogens is 276 g/mol. The third-order valence-corrected chi connectivity index (χ3v) is 4.44. The molecule has 2 aromatic heterocycles. The second-order valence-electron chi connectivity index (χ2n) is 3.49. The van der Waals surface area contributed by atoms with Crippen molar-refractivity contribution < 1.29 is 13.2 Å². The molecule has 0 fully saturated rings. The SMILES string of the molecule is CC(=O)c1csc(NS(=O)(=O)c2ccnn2C)n1. The van der Waals surface area contributed by atoms with E-state index in [-0.39, 0.29) is 21.6 Å². The lowest BCUT2D eigenvalue weighted by atomic mass is 10.4. The Balaban J connectivity index is 2.28. The zero-order chi connectivity index (χ0) is 13.3.